The van der Waals surface area contributed by atoms with Crippen LogP contribution in [0.2, 0.25) is 0 Å². The van der Waals surface area contributed by atoms with Gasteiger partial charge >= 0.3 is 0 Å². The summed E-state index contributed by atoms with van der Waals surface area (Å²) in [6.45, 7) is 11.6. The number of fused-ring (bicyclic) bond motifs is 1. The SMILES string of the molecule is CC(C)c1cc(C(C)C)c(S(=O)(=O)OC(c2ccc3ccccc3c2)S(=O)(=O)O)c(C(C)C)c1. The van der Waals surface area contributed by atoms with Gasteiger partial charge in [0.1, 0.15) is 4.90 Å². The van der Waals surface area contributed by atoms with Crippen molar-refractivity contribution in [1.29, 1.82) is 0 Å². The Morgan fingerprint density at radius 2 is 1.21 bits per heavy atom. The average molecular weight is 505 g/mol. The van der Waals surface area contributed by atoms with Crippen LogP contribution in [0.25, 0.3) is 10.8 Å². The van der Waals surface area contributed by atoms with Crippen LogP contribution in [0.15, 0.2) is 59.5 Å². The molecule has 1 unspecified atom stereocenters. The lowest BCUT2D eigenvalue weighted by atomic mass is 9.89. The van der Waals surface area contributed by atoms with Crippen molar-refractivity contribution in [3.05, 3.63) is 76.9 Å². The molecule has 3 aromatic rings. The largest absolute Gasteiger partial charge is 0.299 e. The molecule has 3 aromatic carbocycles. The third kappa shape index (κ3) is 5.51. The summed E-state index contributed by atoms with van der Waals surface area (Å²) in [4.78, 5) is -0.0312. The van der Waals surface area contributed by atoms with Gasteiger partial charge in [-0.05, 0) is 51.3 Å². The molecule has 0 heterocycles. The summed E-state index contributed by atoms with van der Waals surface area (Å²) in [5.41, 5.74) is 0.0462. The minimum atomic E-state index is -4.92. The van der Waals surface area contributed by atoms with Gasteiger partial charge in [0.05, 0.1) is 0 Å². The smallest absolute Gasteiger partial charge is 0.283 e. The standard InChI is InChI=1S/C26H32O6S2/c1-16(2)22-14-23(17(3)4)25(24(15-22)18(5)6)34(30,31)32-26(33(27,28)29)21-12-11-19-9-7-8-10-20(19)13-21/h7-18,26H,1-6H3,(H,27,28,29). The monoisotopic (exact) mass is 504 g/mol. The second-order valence-electron chi connectivity index (χ2n) is 9.50. The van der Waals surface area contributed by atoms with Crippen molar-refractivity contribution >= 4 is 31.0 Å². The summed E-state index contributed by atoms with van der Waals surface area (Å²) in [5.74, 6) is -0.139. The third-order valence-corrected chi connectivity index (χ3v) is 8.31. The van der Waals surface area contributed by atoms with E-state index in [1.807, 2.05) is 65.8 Å². The van der Waals surface area contributed by atoms with Gasteiger partial charge in [-0.25, -0.2) is 4.18 Å². The van der Waals surface area contributed by atoms with E-state index in [2.05, 4.69) is 0 Å². The minimum Gasteiger partial charge on any atom is -0.283 e. The zero-order chi connectivity index (χ0) is 25.4. The van der Waals surface area contributed by atoms with Crippen LogP contribution in [0.3, 0.4) is 0 Å². The molecule has 0 aliphatic heterocycles. The lowest BCUT2D eigenvalue weighted by Crippen LogP contribution is -2.22. The molecule has 34 heavy (non-hydrogen) atoms. The van der Waals surface area contributed by atoms with Gasteiger partial charge in [-0.1, -0.05) is 90.1 Å². The van der Waals surface area contributed by atoms with Crippen LogP contribution in [0.4, 0.5) is 0 Å². The zero-order valence-corrected chi connectivity index (χ0v) is 21.9. The number of hydrogen-bond acceptors (Lipinski definition) is 5. The predicted molar refractivity (Wildman–Crippen MR) is 135 cm³/mol. The highest BCUT2D eigenvalue weighted by Crippen LogP contribution is 2.38. The Kier molecular flexibility index (Phi) is 7.57. The van der Waals surface area contributed by atoms with E-state index < -0.39 is 25.7 Å². The van der Waals surface area contributed by atoms with Gasteiger partial charge in [0, 0.05) is 5.56 Å². The van der Waals surface area contributed by atoms with Crippen molar-refractivity contribution in [1.82, 2.24) is 0 Å². The highest BCUT2D eigenvalue weighted by atomic mass is 32.2. The molecule has 1 N–H and O–H groups in total. The van der Waals surface area contributed by atoms with Crippen molar-refractivity contribution < 1.29 is 25.6 Å². The first-order valence-corrected chi connectivity index (χ1v) is 14.2. The Hall–Kier alpha value is -2.26. The highest BCUT2D eigenvalue weighted by Gasteiger charge is 2.36. The van der Waals surface area contributed by atoms with E-state index >= 15 is 0 Å². The zero-order valence-electron chi connectivity index (χ0n) is 20.3. The fourth-order valence-electron chi connectivity index (χ4n) is 3.97. The van der Waals surface area contributed by atoms with E-state index in [0.29, 0.717) is 16.5 Å². The van der Waals surface area contributed by atoms with Gasteiger partial charge in [0.25, 0.3) is 20.2 Å². The first-order valence-electron chi connectivity index (χ1n) is 11.3. The lowest BCUT2D eigenvalue weighted by Gasteiger charge is -2.24. The molecule has 0 amide bonds. The van der Waals surface area contributed by atoms with E-state index in [4.69, 9.17) is 4.18 Å². The van der Waals surface area contributed by atoms with E-state index in [0.717, 1.165) is 10.9 Å². The summed E-state index contributed by atoms with van der Waals surface area (Å²) in [5, 5.41) is 1.54. The highest BCUT2D eigenvalue weighted by molar-refractivity contribution is 7.89. The minimum absolute atomic E-state index is 0.0285. The fraction of sp³-hybridized carbons (Fsp3) is 0.385. The van der Waals surface area contributed by atoms with Crippen LogP contribution in [0.1, 0.15) is 87.0 Å². The summed E-state index contributed by atoms with van der Waals surface area (Å²) >= 11 is 0. The Morgan fingerprint density at radius 1 is 0.676 bits per heavy atom. The van der Waals surface area contributed by atoms with Crippen LogP contribution >= 0.6 is 0 Å². The molecule has 184 valence electrons. The molecule has 0 aliphatic rings. The van der Waals surface area contributed by atoms with Crippen LogP contribution < -0.4 is 0 Å². The maximum atomic E-state index is 13.7. The van der Waals surface area contributed by atoms with Crippen molar-refractivity contribution in [2.24, 2.45) is 0 Å². The van der Waals surface area contributed by atoms with Crippen molar-refractivity contribution in [3.8, 4) is 0 Å². The average Bonchev–Trinajstić information content (AvgIpc) is 2.75. The number of benzene rings is 3. The van der Waals surface area contributed by atoms with E-state index in [-0.39, 0.29) is 28.2 Å². The van der Waals surface area contributed by atoms with Gasteiger partial charge in [0.15, 0.2) is 0 Å². The normalized spacial score (nSPS) is 13.8. The van der Waals surface area contributed by atoms with Crippen LogP contribution in [0, 0.1) is 0 Å². The molecule has 0 aliphatic carbocycles. The third-order valence-electron chi connectivity index (χ3n) is 5.86. The van der Waals surface area contributed by atoms with Gasteiger partial charge < -0.3 is 0 Å². The molecule has 8 heteroatoms. The van der Waals surface area contributed by atoms with Gasteiger partial charge in [-0.3, -0.25) is 4.55 Å². The summed E-state index contributed by atoms with van der Waals surface area (Å²) in [7, 11) is -9.49. The molecule has 0 radical (unpaired) electrons. The second kappa shape index (κ2) is 9.77. The molecule has 6 nitrogen and oxygen atoms in total. The van der Waals surface area contributed by atoms with Crippen molar-refractivity contribution in [2.45, 2.75) is 69.6 Å². The maximum Gasteiger partial charge on any atom is 0.299 e. The first kappa shape index (κ1) is 26.3. The molecule has 3 rings (SSSR count). The Bertz CT molecular complexity index is 1380. The Morgan fingerprint density at radius 3 is 1.68 bits per heavy atom. The molecule has 0 spiro atoms. The van der Waals surface area contributed by atoms with Gasteiger partial charge in [0.2, 0.25) is 5.44 Å². The second-order valence-corrected chi connectivity index (χ2v) is 12.5. The van der Waals surface area contributed by atoms with Crippen LogP contribution in [-0.2, 0) is 24.4 Å². The van der Waals surface area contributed by atoms with E-state index in [9.17, 15) is 21.4 Å². The Balaban J connectivity index is 2.21. The molecule has 0 bridgehead atoms. The molecular formula is C26H32O6S2. The van der Waals surface area contributed by atoms with Crippen molar-refractivity contribution in [2.75, 3.05) is 0 Å². The summed E-state index contributed by atoms with van der Waals surface area (Å²) in [6, 6.07) is 15.5. The molecule has 0 fully saturated rings. The summed E-state index contributed by atoms with van der Waals surface area (Å²) in [6.07, 6.45) is 0. The van der Waals surface area contributed by atoms with Crippen LogP contribution in [-0.4, -0.2) is 21.4 Å². The van der Waals surface area contributed by atoms with Gasteiger partial charge in [-0.2, -0.15) is 16.8 Å². The number of rotatable bonds is 8. The van der Waals surface area contributed by atoms with E-state index in [1.54, 1.807) is 18.2 Å². The summed E-state index contributed by atoms with van der Waals surface area (Å²) < 4.78 is 67.3. The van der Waals surface area contributed by atoms with Crippen LogP contribution in [0.5, 0.6) is 0 Å². The quantitative estimate of drug-likeness (QED) is 0.278. The molecule has 0 aromatic heterocycles. The fourth-order valence-corrected chi connectivity index (χ4v) is 6.78. The predicted octanol–water partition coefficient (Wildman–Crippen LogP) is 6.50. The number of hydrogen-bond donors (Lipinski definition) is 1. The first-order chi connectivity index (χ1) is 15.7. The Labute approximate surface area is 202 Å². The maximum absolute atomic E-state index is 13.7. The molecule has 0 saturated carbocycles. The lowest BCUT2D eigenvalue weighted by molar-refractivity contribution is 0.266. The molecule has 0 saturated heterocycles. The van der Waals surface area contributed by atoms with Crippen molar-refractivity contribution in [3.63, 3.8) is 0 Å². The van der Waals surface area contributed by atoms with E-state index in [1.165, 1.54) is 12.1 Å². The molecular weight excluding hydrogens is 472 g/mol. The molecule has 1 atom stereocenters. The topological polar surface area (TPSA) is 97.7 Å². The van der Waals surface area contributed by atoms with Gasteiger partial charge in [-0.15, -0.1) is 0 Å².